The van der Waals surface area contributed by atoms with Gasteiger partial charge in [-0.3, -0.25) is 9.79 Å². The highest BCUT2D eigenvalue weighted by Crippen LogP contribution is 2.31. The molecular weight excluding hydrogens is 382 g/mol. The standard InChI is InChI=1S/C23H31N3O4/c1-28-21-13-19-20(14-22(21)29-2)30-15-16(23(19)27)6-3-4-9-25-10-11-26-18-8-5-7-17(24)12-18/h13-15,24-25H,3-12H2,1-2H3. The van der Waals surface area contributed by atoms with Crippen LogP contribution < -0.4 is 20.2 Å². The molecule has 2 aromatic rings. The van der Waals surface area contributed by atoms with Gasteiger partial charge in [0.05, 0.1) is 32.4 Å². The normalized spacial score (nSPS) is 15.7. The number of nitrogens with zero attached hydrogens (tertiary/aromatic N) is 1. The number of aliphatic imine (C=N–C) groups is 1. The second kappa shape index (κ2) is 10.9. The van der Waals surface area contributed by atoms with E-state index in [1.54, 1.807) is 32.6 Å². The summed E-state index contributed by atoms with van der Waals surface area (Å²) in [5, 5.41) is 11.7. The summed E-state index contributed by atoms with van der Waals surface area (Å²) in [7, 11) is 3.10. The average molecular weight is 414 g/mol. The number of fused-ring (bicyclic) bond motifs is 1. The molecule has 0 aliphatic heterocycles. The maximum atomic E-state index is 12.8. The number of benzene rings is 1. The molecule has 0 bridgehead atoms. The van der Waals surface area contributed by atoms with Gasteiger partial charge in [0.1, 0.15) is 5.58 Å². The molecule has 3 rings (SSSR count). The second-order valence-corrected chi connectivity index (χ2v) is 7.58. The summed E-state index contributed by atoms with van der Waals surface area (Å²) in [4.78, 5) is 17.4. The number of rotatable bonds is 10. The second-order valence-electron chi connectivity index (χ2n) is 7.58. The van der Waals surface area contributed by atoms with Crippen molar-refractivity contribution in [2.45, 2.75) is 44.9 Å². The SMILES string of the molecule is COc1cc2occ(CCCCNCCN=C3CCCC(=N)C3)c(=O)c2cc1OC. The van der Waals surface area contributed by atoms with Crippen molar-refractivity contribution in [1.29, 1.82) is 5.41 Å². The first-order chi connectivity index (χ1) is 14.6. The van der Waals surface area contributed by atoms with Gasteiger partial charge in [-0.15, -0.1) is 0 Å². The van der Waals surface area contributed by atoms with E-state index in [1.165, 1.54) is 5.71 Å². The van der Waals surface area contributed by atoms with E-state index in [9.17, 15) is 4.79 Å². The van der Waals surface area contributed by atoms with Crippen LogP contribution in [-0.2, 0) is 6.42 Å². The summed E-state index contributed by atoms with van der Waals surface area (Å²) < 4.78 is 16.2. The predicted octanol–water partition coefficient (Wildman–Crippen LogP) is 3.76. The first kappa shape index (κ1) is 22.0. The maximum Gasteiger partial charge on any atom is 0.195 e. The topological polar surface area (TPSA) is 96.9 Å². The summed E-state index contributed by atoms with van der Waals surface area (Å²) in [5.41, 5.74) is 3.15. The van der Waals surface area contributed by atoms with Gasteiger partial charge in [0.15, 0.2) is 16.9 Å². The Morgan fingerprint density at radius 1 is 1.13 bits per heavy atom. The first-order valence-corrected chi connectivity index (χ1v) is 10.6. The Bertz CT molecular complexity index is 965. The molecule has 0 radical (unpaired) electrons. The third-order valence-corrected chi connectivity index (χ3v) is 5.39. The van der Waals surface area contributed by atoms with Crippen molar-refractivity contribution in [3.63, 3.8) is 0 Å². The number of ether oxygens (including phenoxy) is 2. The number of nitrogens with one attached hydrogen (secondary N) is 2. The smallest absolute Gasteiger partial charge is 0.195 e. The lowest BCUT2D eigenvalue weighted by molar-refractivity contribution is 0.355. The molecule has 162 valence electrons. The number of methoxy groups -OCH3 is 2. The van der Waals surface area contributed by atoms with Gasteiger partial charge in [0.25, 0.3) is 0 Å². The Hall–Kier alpha value is -2.67. The van der Waals surface area contributed by atoms with Crippen LogP contribution >= 0.6 is 0 Å². The quantitative estimate of drug-likeness (QED) is 0.578. The molecule has 1 saturated carbocycles. The van der Waals surface area contributed by atoms with Gasteiger partial charge in [-0.05, 0) is 51.1 Å². The van der Waals surface area contributed by atoms with Gasteiger partial charge in [-0.25, -0.2) is 0 Å². The fourth-order valence-electron chi connectivity index (χ4n) is 3.72. The zero-order valence-electron chi connectivity index (χ0n) is 17.9. The van der Waals surface area contributed by atoms with Crippen molar-refractivity contribution >= 4 is 22.4 Å². The molecule has 1 aromatic carbocycles. The van der Waals surface area contributed by atoms with Crippen LogP contribution in [0.2, 0.25) is 0 Å². The molecule has 7 nitrogen and oxygen atoms in total. The van der Waals surface area contributed by atoms with Crippen molar-refractivity contribution in [2.24, 2.45) is 4.99 Å². The van der Waals surface area contributed by atoms with Crippen molar-refractivity contribution in [2.75, 3.05) is 33.9 Å². The molecule has 30 heavy (non-hydrogen) atoms. The number of aryl methyl sites for hydroxylation is 1. The van der Waals surface area contributed by atoms with Gasteiger partial charge in [-0.2, -0.15) is 0 Å². The fraction of sp³-hybridized carbons (Fsp3) is 0.522. The lowest BCUT2D eigenvalue weighted by Crippen LogP contribution is -2.21. The van der Waals surface area contributed by atoms with E-state index in [1.807, 2.05) is 0 Å². The largest absolute Gasteiger partial charge is 0.493 e. The molecule has 7 heteroatoms. The molecular formula is C23H31N3O4. The van der Waals surface area contributed by atoms with Crippen LogP contribution in [-0.4, -0.2) is 45.3 Å². The molecule has 0 atom stereocenters. The molecule has 0 unspecified atom stereocenters. The van der Waals surface area contributed by atoms with Crippen LogP contribution in [0.3, 0.4) is 0 Å². The minimum Gasteiger partial charge on any atom is -0.493 e. The van der Waals surface area contributed by atoms with E-state index in [2.05, 4.69) is 10.3 Å². The Kier molecular flexibility index (Phi) is 8.02. The molecule has 1 aromatic heterocycles. The summed E-state index contributed by atoms with van der Waals surface area (Å²) in [6.07, 6.45) is 7.90. The van der Waals surface area contributed by atoms with Crippen molar-refractivity contribution < 1.29 is 13.9 Å². The third kappa shape index (κ3) is 5.69. The van der Waals surface area contributed by atoms with E-state index >= 15 is 0 Å². The minimum atomic E-state index is -0.0148. The molecule has 2 N–H and O–H groups in total. The van der Waals surface area contributed by atoms with E-state index in [0.717, 1.165) is 63.9 Å². The van der Waals surface area contributed by atoms with Crippen LogP contribution in [0.5, 0.6) is 11.5 Å². The van der Waals surface area contributed by atoms with Crippen molar-refractivity contribution in [1.82, 2.24) is 5.32 Å². The molecule has 0 saturated heterocycles. The summed E-state index contributed by atoms with van der Waals surface area (Å²) in [6.45, 7) is 2.50. The Morgan fingerprint density at radius 2 is 1.93 bits per heavy atom. The summed E-state index contributed by atoms with van der Waals surface area (Å²) >= 11 is 0. The highest BCUT2D eigenvalue weighted by molar-refractivity contribution is 6.05. The van der Waals surface area contributed by atoms with Crippen molar-refractivity contribution in [3.8, 4) is 11.5 Å². The fourth-order valence-corrected chi connectivity index (χ4v) is 3.72. The Labute approximate surface area is 177 Å². The van der Waals surface area contributed by atoms with E-state index < -0.39 is 0 Å². The van der Waals surface area contributed by atoms with E-state index in [-0.39, 0.29) is 5.43 Å². The zero-order chi connectivity index (χ0) is 21.3. The van der Waals surface area contributed by atoms with Crippen LogP contribution in [0.1, 0.15) is 44.1 Å². The zero-order valence-corrected chi connectivity index (χ0v) is 17.9. The van der Waals surface area contributed by atoms with Crippen LogP contribution in [0.25, 0.3) is 11.0 Å². The Balaban J connectivity index is 1.43. The average Bonchev–Trinajstić information content (AvgIpc) is 2.76. The van der Waals surface area contributed by atoms with E-state index in [4.69, 9.17) is 19.3 Å². The van der Waals surface area contributed by atoms with E-state index in [0.29, 0.717) is 34.5 Å². The lowest BCUT2D eigenvalue weighted by atomic mass is 9.96. The summed E-state index contributed by atoms with van der Waals surface area (Å²) in [5.74, 6) is 1.06. The molecule has 1 fully saturated rings. The van der Waals surface area contributed by atoms with Crippen LogP contribution in [0, 0.1) is 5.41 Å². The lowest BCUT2D eigenvalue weighted by Gasteiger charge is -2.13. The van der Waals surface area contributed by atoms with Gasteiger partial charge in [0, 0.05) is 36.0 Å². The van der Waals surface area contributed by atoms with Gasteiger partial charge < -0.3 is 24.6 Å². The predicted molar refractivity (Wildman–Crippen MR) is 120 cm³/mol. The van der Waals surface area contributed by atoms with Crippen LogP contribution in [0.15, 0.2) is 32.6 Å². The molecule has 1 aliphatic carbocycles. The molecule has 0 spiro atoms. The summed E-state index contributed by atoms with van der Waals surface area (Å²) in [6, 6.07) is 3.36. The Morgan fingerprint density at radius 3 is 2.70 bits per heavy atom. The molecule has 1 aliphatic rings. The highest BCUT2D eigenvalue weighted by Gasteiger charge is 2.13. The number of hydrogen-bond donors (Lipinski definition) is 2. The monoisotopic (exact) mass is 413 g/mol. The first-order valence-electron chi connectivity index (χ1n) is 10.6. The van der Waals surface area contributed by atoms with Crippen LogP contribution in [0.4, 0.5) is 0 Å². The number of hydrogen-bond acceptors (Lipinski definition) is 7. The number of unbranched alkanes of at least 4 members (excludes halogenated alkanes) is 1. The highest BCUT2D eigenvalue weighted by atomic mass is 16.5. The van der Waals surface area contributed by atoms with Gasteiger partial charge in [0.2, 0.25) is 0 Å². The molecule has 0 amide bonds. The minimum absolute atomic E-state index is 0.0148. The van der Waals surface area contributed by atoms with Gasteiger partial charge >= 0.3 is 0 Å². The van der Waals surface area contributed by atoms with Gasteiger partial charge in [-0.1, -0.05) is 0 Å². The molecule has 1 heterocycles. The maximum absolute atomic E-state index is 12.8. The third-order valence-electron chi connectivity index (χ3n) is 5.39. The van der Waals surface area contributed by atoms with Crippen molar-refractivity contribution in [3.05, 3.63) is 34.2 Å².